The van der Waals surface area contributed by atoms with Crippen LogP contribution in [0.1, 0.15) is 28.4 Å². The van der Waals surface area contributed by atoms with Crippen LogP contribution in [-0.4, -0.2) is 12.5 Å². The van der Waals surface area contributed by atoms with Gasteiger partial charge in [-0.05, 0) is 18.2 Å². The largest absolute Gasteiger partial charge is 0.493 e. The van der Waals surface area contributed by atoms with Crippen molar-refractivity contribution in [3.05, 3.63) is 76.1 Å². The lowest BCUT2D eigenvalue weighted by atomic mass is 10.00. The topological polar surface area (TPSA) is 68.5 Å². The molecule has 24 heavy (non-hydrogen) atoms. The molecule has 0 saturated carbocycles. The minimum absolute atomic E-state index is 0.0117. The number of fused-ring (bicyclic) bond motifs is 2. The second-order valence-electron chi connectivity index (χ2n) is 5.69. The second kappa shape index (κ2) is 5.85. The standard InChI is InChI=1S/C19H15NO4/c21-18(14-11-12-5-1-3-7-16(12)24-19(14)22)20-15-9-10-23-17-8-4-2-6-13(15)17/h1-8,11,15H,9-10H2,(H,20,21). The smallest absolute Gasteiger partial charge is 0.349 e. The molecule has 120 valence electrons. The summed E-state index contributed by atoms with van der Waals surface area (Å²) in [6.45, 7) is 0.522. The highest BCUT2D eigenvalue weighted by atomic mass is 16.5. The van der Waals surface area contributed by atoms with Crippen LogP contribution in [0.4, 0.5) is 0 Å². The first-order valence-electron chi connectivity index (χ1n) is 7.78. The Morgan fingerprint density at radius 2 is 1.88 bits per heavy atom. The Morgan fingerprint density at radius 1 is 1.08 bits per heavy atom. The van der Waals surface area contributed by atoms with Crippen LogP contribution in [0.15, 0.2) is 63.8 Å². The average molecular weight is 321 g/mol. The van der Waals surface area contributed by atoms with Gasteiger partial charge < -0.3 is 14.5 Å². The molecule has 1 unspecified atom stereocenters. The maximum absolute atomic E-state index is 12.6. The van der Waals surface area contributed by atoms with Gasteiger partial charge in [0.15, 0.2) is 0 Å². The number of hydrogen-bond acceptors (Lipinski definition) is 4. The summed E-state index contributed by atoms with van der Waals surface area (Å²) in [5.74, 6) is 0.329. The SMILES string of the molecule is O=C(NC1CCOc2ccccc21)c1cc2ccccc2oc1=O. The van der Waals surface area contributed by atoms with Crippen LogP contribution in [0.2, 0.25) is 0 Å². The Bertz CT molecular complexity index is 976. The van der Waals surface area contributed by atoms with Crippen LogP contribution in [0, 0.1) is 0 Å². The molecule has 0 radical (unpaired) electrons. The summed E-state index contributed by atoms with van der Waals surface area (Å²) < 4.78 is 10.8. The molecule has 0 fully saturated rings. The number of carbonyl (C=O) groups excluding carboxylic acids is 1. The van der Waals surface area contributed by atoms with Crippen LogP contribution in [0.25, 0.3) is 11.0 Å². The molecule has 5 nitrogen and oxygen atoms in total. The highest BCUT2D eigenvalue weighted by Gasteiger charge is 2.24. The summed E-state index contributed by atoms with van der Waals surface area (Å²) in [4.78, 5) is 24.7. The zero-order chi connectivity index (χ0) is 16.5. The van der Waals surface area contributed by atoms with Gasteiger partial charge >= 0.3 is 5.63 Å². The molecule has 1 aliphatic heterocycles. The van der Waals surface area contributed by atoms with E-state index in [-0.39, 0.29) is 11.6 Å². The highest BCUT2D eigenvalue weighted by Crippen LogP contribution is 2.31. The zero-order valence-corrected chi connectivity index (χ0v) is 12.8. The van der Waals surface area contributed by atoms with Gasteiger partial charge in [-0.25, -0.2) is 4.79 Å². The first-order valence-corrected chi connectivity index (χ1v) is 7.78. The lowest BCUT2D eigenvalue weighted by Gasteiger charge is -2.26. The molecule has 1 aliphatic rings. The van der Waals surface area contributed by atoms with E-state index in [0.29, 0.717) is 18.6 Å². The molecule has 1 amide bonds. The van der Waals surface area contributed by atoms with Gasteiger partial charge in [0.1, 0.15) is 16.9 Å². The van der Waals surface area contributed by atoms with Crippen molar-refractivity contribution in [1.29, 1.82) is 0 Å². The number of hydrogen-bond donors (Lipinski definition) is 1. The van der Waals surface area contributed by atoms with Crippen LogP contribution in [0.3, 0.4) is 0 Å². The Kier molecular flexibility index (Phi) is 3.54. The van der Waals surface area contributed by atoms with E-state index in [1.165, 1.54) is 0 Å². The summed E-state index contributed by atoms with van der Waals surface area (Å²) in [6, 6.07) is 16.1. The highest BCUT2D eigenvalue weighted by molar-refractivity contribution is 5.96. The van der Waals surface area contributed by atoms with Crippen molar-refractivity contribution >= 4 is 16.9 Å². The van der Waals surface area contributed by atoms with Crippen molar-refractivity contribution < 1.29 is 13.9 Å². The third kappa shape index (κ3) is 2.54. The molecule has 2 heterocycles. The van der Waals surface area contributed by atoms with Crippen molar-refractivity contribution in [2.24, 2.45) is 0 Å². The minimum atomic E-state index is -0.633. The van der Waals surface area contributed by atoms with Crippen LogP contribution in [-0.2, 0) is 0 Å². The van der Waals surface area contributed by atoms with Crippen LogP contribution in [0.5, 0.6) is 5.75 Å². The summed E-state index contributed by atoms with van der Waals surface area (Å²) in [6.07, 6.45) is 0.654. The molecule has 0 bridgehead atoms. The van der Waals surface area contributed by atoms with Gasteiger partial charge in [0, 0.05) is 17.4 Å². The molecular weight excluding hydrogens is 306 g/mol. The van der Waals surface area contributed by atoms with E-state index in [0.717, 1.165) is 16.7 Å². The lowest BCUT2D eigenvalue weighted by molar-refractivity contribution is 0.0921. The van der Waals surface area contributed by atoms with E-state index in [4.69, 9.17) is 9.15 Å². The lowest BCUT2D eigenvalue weighted by Crippen LogP contribution is -2.34. The molecule has 3 aromatic rings. The van der Waals surface area contributed by atoms with Crippen molar-refractivity contribution in [3.63, 3.8) is 0 Å². The first kappa shape index (κ1) is 14.5. The van der Waals surface area contributed by atoms with E-state index >= 15 is 0 Å². The fourth-order valence-corrected chi connectivity index (χ4v) is 2.95. The van der Waals surface area contributed by atoms with Gasteiger partial charge in [-0.1, -0.05) is 36.4 Å². The second-order valence-corrected chi connectivity index (χ2v) is 5.69. The van der Waals surface area contributed by atoms with Gasteiger partial charge in [0.05, 0.1) is 12.6 Å². The monoisotopic (exact) mass is 321 g/mol. The molecule has 1 aromatic heterocycles. The third-order valence-electron chi connectivity index (χ3n) is 4.15. The summed E-state index contributed by atoms with van der Waals surface area (Å²) in [5, 5.41) is 3.64. The molecule has 4 rings (SSSR count). The molecule has 5 heteroatoms. The Labute approximate surface area is 137 Å². The van der Waals surface area contributed by atoms with E-state index in [2.05, 4.69) is 5.32 Å². The van der Waals surface area contributed by atoms with E-state index < -0.39 is 11.5 Å². The van der Waals surface area contributed by atoms with Gasteiger partial charge in [-0.2, -0.15) is 0 Å². The number of benzene rings is 2. The Balaban J connectivity index is 1.66. The van der Waals surface area contributed by atoms with Crippen LogP contribution >= 0.6 is 0 Å². The fraction of sp³-hybridized carbons (Fsp3) is 0.158. The predicted octanol–water partition coefficient (Wildman–Crippen LogP) is 3.05. The predicted molar refractivity (Wildman–Crippen MR) is 89.2 cm³/mol. The normalized spacial score (nSPS) is 16.2. The van der Waals surface area contributed by atoms with Gasteiger partial charge in [0.25, 0.3) is 5.91 Å². The summed E-state index contributed by atoms with van der Waals surface area (Å²) in [7, 11) is 0. The zero-order valence-electron chi connectivity index (χ0n) is 12.8. The third-order valence-corrected chi connectivity index (χ3v) is 4.15. The Morgan fingerprint density at radius 3 is 2.79 bits per heavy atom. The molecule has 1 atom stereocenters. The number of para-hydroxylation sites is 2. The van der Waals surface area contributed by atoms with Crippen molar-refractivity contribution in [2.45, 2.75) is 12.5 Å². The van der Waals surface area contributed by atoms with E-state index in [1.54, 1.807) is 24.3 Å². The fourth-order valence-electron chi connectivity index (χ4n) is 2.95. The number of amides is 1. The maximum Gasteiger partial charge on any atom is 0.349 e. The molecule has 0 saturated heterocycles. The molecular formula is C19H15NO4. The Hall–Kier alpha value is -3.08. The molecule has 2 aromatic carbocycles. The van der Waals surface area contributed by atoms with Gasteiger partial charge in [-0.3, -0.25) is 4.79 Å². The summed E-state index contributed by atoms with van der Waals surface area (Å²) >= 11 is 0. The van der Waals surface area contributed by atoms with Gasteiger partial charge in [-0.15, -0.1) is 0 Å². The molecule has 1 N–H and O–H groups in total. The number of nitrogens with one attached hydrogen (secondary N) is 1. The van der Waals surface area contributed by atoms with E-state index in [9.17, 15) is 9.59 Å². The van der Waals surface area contributed by atoms with Crippen LogP contribution < -0.4 is 15.7 Å². The minimum Gasteiger partial charge on any atom is -0.493 e. The van der Waals surface area contributed by atoms with E-state index in [1.807, 2.05) is 30.3 Å². The van der Waals surface area contributed by atoms with Crippen molar-refractivity contribution in [2.75, 3.05) is 6.61 Å². The number of ether oxygens (including phenoxy) is 1. The number of rotatable bonds is 2. The van der Waals surface area contributed by atoms with Gasteiger partial charge in [0.2, 0.25) is 0 Å². The van der Waals surface area contributed by atoms with Crippen molar-refractivity contribution in [1.82, 2.24) is 5.32 Å². The number of carbonyl (C=O) groups is 1. The quantitative estimate of drug-likeness (QED) is 0.737. The first-order chi connectivity index (χ1) is 11.7. The summed E-state index contributed by atoms with van der Waals surface area (Å²) in [5.41, 5.74) is 0.766. The molecule has 0 aliphatic carbocycles. The average Bonchev–Trinajstić information content (AvgIpc) is 2.61. The van der Waals surface area contributed by atoms with Crippen molar-refractivity contribution in [3.8, 4) is 5.75 Å². The molecule has 0 spiro atoms. The maximum atomic E-state index is 12.6.